The zero-order valence-electron chi connectivity index (χ0n) is 6.39. The van der Waals surface area contributed by atoms with Gasteiger partial charge in [-0.1, -0.05) is 5.57 Å². The maximum atomic E-state index is 8.20. The Morgan fingerprint density at radius 3 is 2.70 bits per heavy atom. The van der Waals surface area contributed by atoms with E-state index in [0.29, 0.717) is 6.61 Å². The lowest BCUT2D eigenvalue weighted by atomic mass is 9.93. The minimum absolute atomic E-state index is 0.409. The maximum absolute atomic E-state index is 8.20. The van der Waals surface area contributed by atoms with E-state index in [9.17, 15) is 0 Å². The highest BCUT2D eigenvalue weighted by atomic mass is 17.1. The van der Waals surface area contributed by atoms with Crippen LogP contribution in [-0.4, -0.2) is 11.9 Å². The first-order valence-electron chi connectivity index (χ1n) is 3.78. The van der Waals surface area contributed by atoms with Gasteiger partial charge in [0.15, 0.2) is 0 Å². The van der Waals surface area contributed by atoms with Crippen LogP contribution in [0.2, 0.25) is 0 Å². The topological polar surface area (TPSA) is 29.5 Å². The molecule has 58 valence electrons. The molecule has 0 bridgehead atoms. The van der Waals surface area contributed by atoms with Crippen LogP contribution in [0.3, 0.4) is 0 Å². The Balaban J connectivity index is 2.50. The van der Waals surface area contributed by atoms with Crippen molar-refractivity contribution in [3.63, 3.8) is 0 Å². The van der Waals surface area contributed by atoms with Crippen LogP contribution in [0.15, 0.2) is 11.1 Å². The fraction of sp³-hybridized carbons (Fsp3) is 0.750. The second-order valence-electron chi connectivity index (χ2n) is 2.86. The van der Waals surface area contributed by atoms with Crippen molar-refractivity contribution in [1.29, 1.82) is 0 Å². The van der Waals surface area contributed by atoms with Gasteiger partial charge in [-0.3, -0.25) is 5.26 Å². The second kappa shape index (κ2) is 3.74. The predicted molar refractivity (Wildman–Crippen MR) is 39.7 cm³/mol. The number of allylic oxidation sites excluding steroid dienone is 1. The van der Waals surface area contributed by atoms with E-state index in [0.717, 1.165) is 6.42 Å². The van der Waals surface area contributed by atoms with Crippen molar-refractivity contribution < 1.29 is 10.1 Å². The molecule has 0 aromatic carbocycles. The van der Waals surface area contributed by atoms with E-state index in [4.69, 9.17) is 5.26 Å². The van der Waals surface area contributed by atoms with Crippen LogP contribution >= 0.6 is 0 Å². The molecule has 0 fully saturated rings. The molecule has 1 aliphatic carbocycles. The summed E-state index contributed by atoms with van der Waals surface area (Å²) >= 11 is 0. The van der Waals surface area contributed by atoms with Crippen molar-refractivity contribution in [1.82, 2.24) is 0 Å². The first-order valence-corrected chi connectivity index (χ1v) is 3.78. The minimum atomic E-state index is 0.409. The Kier molecular flexibility index (Phi) is 2.90. The maximum Gasteiger partial charge on any atom is 0.103 e. The highest BCUT2D eigenvalue weighted by molar-refractivity contribution is 5.14. The fourth-order valence-corrected chi connectivity index (χ4v) is 1.39. The van der Waals surface area contributed by atoms with Crippen molar-refractivity contribution in [2.75, 3.05) is 6.61 Å². The SMILES string of the molecule is CC1=C(COO)CCCC1. The second-order valence-corrected chi connectivity index (χ2v) is 2.86. The van der Waals surface area contributed by atoms with E-state index < -0.39 is 0 Å². The van der Waals surface area contributed by atoms with Crippen LogP contribution in [0.5, 0.6) is 0 Å². The van der Waals surface area contributed by atoms with Crippen LogP contribution in [0.1, 0.15) is 32.6 Å². The molecule has 0 radical (unpaired) electrons. The van der Waals surface area contributed by atoms with Crippen LogP contribution in [0.4, 0.5) is 0 Å². The van der Waals surface area contributed by atoms with E-state index in [1.807, 2.05) is 0 Å². The van der Waals surface area contributed by atoms with Crippen LogP contribution in [0.25, 0.3) is 0 Å². The van der Waals surface area contributed by atoms with Crippen molar-refractivity contribution in [2.24, 2.45) is 0 Å². The van der Waals surface area contributed by atoms with Gasteiger partial charge in [0.1, 0.15) is 6.61 Å². The average Bonchev–Trinajstić information content (AvgIpc) is 1.94. The summed E-state index contributed by atoms with van der Waals surface area (Å²) in [7, 11) is 0. The van der Waals surface area contributed by atoms with E-state index >= 15 is 0 Å². The van der Waals surface area contributed by atoms with Crippen LogP contribution in [0, 0.1) is 0 Å². The summed E-state index contributed by atoms with van der Waals surface area (Å²) in [5.41, 5.74) is 2.69. The molecular weight excluding hydrogens is 128 g/mol. The highest BCUT2D eigenvalue weighted by Crippen LogP contribution is 2.23. The summed E-state index contributed by atoms with van der Waals surface area (Å²) in [5.74, 6) is 0. The molecule has 0 saturated carbocycles. The van der Waals surface area contributed by atoms with Gasteiger partial charge in [0.05, 0.1) is 0 Å². The van der Waals surface area contributed by atoms with Crippen molar-refractivity contribution >= 4 is 0 Å². The summed E-state index contributed by atoms with van der Waals surface area (Å²) in [6.07, 6.45) is 4.82. The molecule has 2 heteroatoms. The summed E-state index contributed by atoms with van der Waals surface area (Å²) in [5, 5.41) is 8.20. The molecule has 0 amide bonds. The predicted octanol–water partition coefficient (Wildman–Crippen LogP) is 2.37. The highest BCUT2D eigenvalue weighted by Gasteiger charge is 2.08. The van der Waals surface area contributed by atoms with E-state index in [1.165, 1.54) is 30.4 Å². The van der Waals surface area contributed by atoms with Gasteiger partial charge in [0.25, 0.3) is 0 Å². The smallest absolute Gasteiger partial charge is 0.103 e. The molecule has 1 N–H and O–H groups in total. The Hall–Kier alpha value is -0.340. The molecule has 0 aliphatic heterocycles. The molecule has 1 aliphatic rings. The van der Waals surface area contributed by atoms with Crippen LogP contribution < -0.4 is 0 Å². The van der Waals surface area contributed by atoms with Crippen molar-refractivity contribution in [2.45, 2.75) is 32.6 Å². The molecule has 0 aromatic heterocycles. The van der Waals surface area contributed by atoms with Crippen LogP contribution in [-0.2, 0) is 4.89 Å². The first kappa shape index (κ1) is 7.76. The lowest BCUT2D eigenvalue weighted by Gasteiger charge is -2.15. The monoisotopic (exact) mass is 142 g/mol. The largest absolute Gasteiger partial charge is 0.251 e. The lowest BCUT2D eigenvalue weighted by molar-refractivity contribution is -0.234. The molecule has 0 saturated heterocycles. The zero-order chi connectivity index (χ0) is 7.40. The Bertz CT molecular complexity index is 138. The molecule has 1 rings (SSSR count). The van der Waals surface area contributed by atoms with Gasteiger partial charge in [-0.25, -0.2) is 4.89 Å². The third-order valence-electron chi connectivity index (χ3n) is 2.12. The van der Waals surface area contributed by atoms with Gasteiger partial charge in [0.2, 0.25) is 0 Å². The van der Waals surface area contributed by atoms with Gasteiger partial charge < -0.3 is 0 Å². The van der Waals surface area contributed by atoms with E-state index in [1.54, 1.807) is 0 Å². The molecule has 0 heterocycles. The van der Waals surface area contributed by atoms with Crippen molar-refractivity contribution in [3.05, 3.63) is 11.1 Å². The Morgan fingerprint density at radius 1 is 1.40 bits per heavy atom. The Labute approximate surface area is 61.4 Å². The third-order valence-corrected chi connectivity index (χ3v) is 2.12. The molecule has 10 heavy (non-hydrogen) atoms. The number of hydrogen-bond acceptors (Lipinski definition) is 2. The van der Waals surface area contributed by atoms with Gasteiger partial charge in [-0.05, 0) is 38.2 Å². The fourth-order valence-electron chi connectivity index (χ4n) is 1.39. The number of rotatable bonds is 2. The van der Waals surface area contributed by atoms with E-state index in [-0.39, 0.29) is 0 Å². The third kappa shape index (κ3) is 1.82. The first-order chi connectivity index (χ1) is 4.84. The number of hydrogen-bond donors (Lipinski definition) is 1. The average molecular weight is 142 g/mol. The van der Waals surface area contributed by atoms with Gasteiger partial charge >= 0.3 is 0 Å². The molecular formula is C8H14O2. The quantitative estimate of drug-likeness (QED) is 0.364. The zero-order valence-corrected chi connectivity index (χ0v) is 6.39. The molecule has 0 aromatic rings. The standard InChI is InChI=1S/C8H14O2/c1-7-4-2-3-5-8(7)6-10-9/h9H,2-6H2,1H3. The van der Waals surface area contributed by atoms with Gasteiger partial charge in [-0.2, -0.15) is 0 Å². The molecule has 2 nitrogen and oxygen atoms in total. The summed E-state index contributed by atoms with van der Waals surface area (Å²) in [6, 6.07) is 0. The summed E-state index contributed by atoms with van der Waals surface area (Å²) in [6.45, 7) is 2.53. The Morgan fingerprint density at radius 2 is 2.10 bits per heavy atom. The lowest BCUT2D eigenvalue weighted by Crippen LogP contribution is -2.03. The summed E-state index contributed by atoms with van der Waals surface area (Å²) < 4.78 is 0. The normalized spacial score (nSPS) is 19.8. The van der Waals surface area contributed by atoms with Gasteiger partial charge in [-0.15, -0.1) is 0 Å². The van der Waals surface area contributed by atoms with E-state index in [2.05, 4.69) is 11.8 Å². The van der Waals surface area contributed by atoms with Crippen molar-refractivity contribution in [3.8, 4) is 0 Å². The molecule has 0 unspecified atom stereocenters. The minimum Gasteiger partial charge on any atom is -0.251 e. The molecule has 0 atom stereocenters. The van der Waals surface area contributed by atoms with Gasteiger partial charge in [0, 0.05) is 0 Å². The molecule has 0 spiro atoms. The summed E-state index contributed by atoms with van der Waals surface area (Å²) in [4.78, 5) is 4.09.